The first-order valence-corrected chi connectivity index (χ1v) is 8.60. The molecule has 0 N–H and O–H groups in total. The average Bonchev–Trinajstić information content (AvgIpc) is 2.32. The van der Waals surface area contributed by atoms with Crippen LogP contribution in [0.4, 0.5) is 0 Å². The molecule has 2 heteroatoms. The van der Waals surface area contributed by atoms with Crippen molar-refractivity contribution in [2.24, 2.45) is 0 Å². The van der Waals surface area contributed by atoms with Gasteiger partial charge in [0.05, 0.1) is 0 Å². The fourth-order valence-corrected chi connectivity index (χ4v) is 3.48. The molecule has 0 saturated heterocycles. The van der Waals surface area contributed by atoms with Crippen LogP contribution in [0, 0.1) is 0 Å². The summed E-state index contributed by atoms with van der Waals surface area (Å²) < 4.78 is 0. The number of hydrogen-bond acceptors (Lipinski definition) is 1. The van der Waals surface area contributed by atoms with E-state index in [0.717, 1.165) is 15.0 Å². The van der Waals surface area contributed by atoms with E-state index in [-0.39, 0.29) is 5.41 Å². The molecule has 98 valence electrons. The van der Waals surface area contributed by atoms with Gasteiger partial charge >= 0.3 is 0 Å². The summed E-state index contributed by atoms with van der Waals surface area (Å²) in [6.07, 6.45) is 6.84. The predicted octanol–water partition coefficient (Wildman–Crippen LogP) is 3.94. The van der Waals surface area contributed by atoms with Gasteiger partial charge in [-0.25, -0.2) is 0 Å². The Morgan fingerprint density at radius 1 is 1.28 bits per heavy atom. The minimum Gasteiger partial charge on any atom is -0.300 e. The van der Waals surface area contributed by atoms with Crippen LogP contribution in [0.3, 0.4) is 0 Å². The minimum absolute atomic E-state index is 0.177. The van der Waals surface area contributed by atoms with Crippen LogP contribution in [0.1, 0.15) is 43.7 Å². The van der Waals surface area contributed by atoms with Crippen LogP contribution in [0.15, 0.2) is 24.3 Å². The van der Waals surface area contributed by atoms with Crippen molar-refractivity contribution in [1.29, 1.82) is 0 Å². The molecule has 1 saturated carbocycles. The Kier molecular flexibility index (Phi) is 4.56. The van der Waals surface area contributed by atoms with Gasteiger partial charge in [-0.2, -0.15) is 0 Å². The highest BCUT2D eigenvalue weighted by molar-refractivity contribution is 7.36. The van der Waals surface area contributed by atoms with E-state index in [0.29, 0.717) is 5.78 Å². The first-order valence-electron chi connectivity index (χ1n) is 6.90. The van der Waals surface area contributed by atoms with Crippen molar-refractivity contribution in [3.63, 3.8) is 0 Å². The summed E-state index contributed by atoms with van der Waals surface area (Å²) in [7, 11) is 1.03. The third kappa shape index (κ3) is 3.01. The number of rotatable bonds is 6. The number of carbonyl (C=O) groups is 1. The molecule has 18 heavy (non-hydrogen) atoms. The fraction of sp³-hybridized carbons (Fsp3) is 0.562. The van der Waals surface area contributed by atoms with Crippen LogP contribution in [0.2, 0.25) is 0 Å². The summed E-state index contributed by atoms with van der Waals surface area (Å²) in [5.74, 6) is 0.325. The van der Waals surface area contributed by atoms with Crippen molar-refractivity contribution in [3.05, 3.63) is 35.4 Å². The molecular formula is C16H23OP. The van der Waals surface area contributed by atoms with Gasteiger partial charge in [-0.05, 0) is 50.1 Å². The third-order valence-corrected chi connectivity index (χ3v) is 4.88. The summed E-state index contributed by atoms with van der Waals surface area (Å²) in [6.45, 7) is 3.97. The fourth-order valence-electron chi connectivity index (χ4n) is 2.94. The van der Waals surface area contributed by atoms with E-state index in [1.807, 2.05) is 0 Å². The highest BCUT2D eigenvalue weighted by Crippen LogP contribution is 2.46. The van der Waals surface area contributed by atoms with E-state index in [1.54, 1.807) is 6.92 Å². The van der Waals surface area contributed by atoms with Crippen LogP contribution >= 0.6 is 8.58 Å². The second-order valence-corrected chi connectivity index (χ2v) is 6.77. The number of Topliss-reactive ketones (excluding diaryl/α,β-unsaturated/α-hetero) is 1. The summed E-state index contributed by atoms with van der Waals surface area (Å²) >= 11 is 0. The average molecular weight is 262 g/mol. The Labute approximate surface area is 112 Å². The van der Waals surface area contributed by atoms with Gasteiger partial charge in [0.15, 0.2) is 0 Å². The van der Waals surface area contributed by atoms with Gasteiger partial charge in [-0.15, -0.1) is 8.58 Å². The van der Waals surface area contributed by atoms with Crippen LogP contribution in [-0.2, 0) is 16.6 Å². The lowest BCUT2D eigenvalue weighted by atomic mass is 9.62. The molecule has 2 rings (SSSR count). The summed E-state index contributed by atoms with van der Waals surface area (Å²) in [5.41, 5.74) is 2.99. The number of carbonyl (C=O) groups excluding carboxylic acids is 1. The lowest BCUT2D eigenvalue weighted by Gasteiger charge is -2.42. The molecule has 0 amide bonds. The van der Waals surface area contributed by atoms with Crippen LogP contribution in [0.5, 0.6) is 0 Å². The maximum atomic E-state index is 11.4. The Morgan fingerprint density at radius 3 is 2.39 bits per heavy atom. The molecule has 0 heterocycles. The number of aryl methyl sites for hydroxylation is 1. The molecule has 1 fully saturated rings. The molecule has 1 aromatic carbocycles. The van der Waals surface area contributed by atoms with Crippen molar-refractivity contribution in [2.45, 2.75) is 44.4 Å². The lowest BCUT2D eigenvalue weighted by Crippen LogP contribution is -2.36. The van der Waals surface area contributed by atoms with Crippen LogP contribution in [-0.4, -0.2) is 18.6 Å². The number of ketones is 1. The van der Waals surface area contributed by atoms with Crippen molar-refractivity contribution < 1.29 is 4.79 Å². The minimum atomic E-state index is 0.177. The standard InChI is InChI=1S/C16H23OP/c1-13(17)12-16(9-3-10-16)15-6-4-14(5-7-15)8-11-18-2/h4-7,18H,3,8-12H2,1-2H3. The molecule has 0 radical (unpaired) electrons. The zero-order valence-electron chi connectivity index (χ0n) is 11.5. The van der Waals surface area contributed by atoms with Crippen LogP contribution < -0.4 is 0 Å². The Balaban J connectivity index is 2.10. The zero-order chi connectivity index (χ0) is 13.0. The van der Waals surface area contributed by atoms with Gasteiger partial charge in [0.1, 0.15) is 5.78 Å². The van der Waals surface area contributed by atoms with E-state index in [2.05, 4.69) is 30.9 Å². The number of hydrogen-bond donors (Lipinski definition) is 0. The molecule has 1 unspecified atom stereocenters. The first kappa shape index (κ1) is 13.7. The molecule has 0 spiro atoms. The van der Waals surface area contributed by atoms with E-state index >= 15 is 0 Å². The predicted molar refractivity (Wildman–Crippen MR) is 80.1 cm³/mol. The van der Waals surface area contributed by atoms with Crippen molar-refractivity contribution >= 4 is 14.4 Å². The Morgan fingerprint density at radius 2 is 1.94 bits per heavy atom. The van der Waals surface area contributed by atoms with E-state index in [1.165, 1.54) is 43.0 Å². The second-order valence-electron chi connectivity index (χ2n) is 5.56. The zero-order valence-corrected chi connectivity index (χ0v) is 12.5. The molecule has 0 aliphatic heterocycles. The maximum absolute atomic E-state index is 11.4. The van der Waals surface area contributed by atoms with Gasteiger partial charge in [0.2, 0.25) is 0 Å². The topological polar surface area (TPSA) is 17.1 Å². The first-order chi connectivity index (χ1) is 8.66. The number of benzene rings is 1. The molecule has 1 aliphatic rings. The van der Waals surface area contributed by atoms with Gasteiger partial charge < -0.3 is 0 Å². The van der Waals surface area contributed by atoms with Gasteiger partial charge in [0.25, 0.3) is 0 Å². The van der Waals surface area contributed by atoms with Crippen molar-refractivity contribution in [3.8, 4) is 0 Å². The Bertz CT molecular complexity index is 404. The van der Waals surface area contributed by atoms with Gasteiger partial charge in [-0.1, -0.05) is 30.7 Å². The molecule has 1 atom stereocenters. The maximum Gasteiger partial charge on any atom is 0.130 e. The van der Waals surface area contributed by atoms with Crippen molar-refractivity contribution in [1.82, 2.24) is 0 Å². The summed E-state index contributed by atoms with van der Waals surface area (Å²) in [5, 5.41) is 0. The Hall–Kier alpha value is -0.680. The molecule has 0 bridgehead atoms. The largest absolute Gasteiger partial charge is 0.300 e. The third-order valence-electron chi connectivity index (χ3n) is 4.13. The van der Waals surface area contributed by atoms with E-state index < -0.39 is 0 Å². The lowest BCUT2D eigenvalue weighted by molar-refractivity contribution is -0.119. The molecule has 1 aliphatic carbocycles. The van der Waals surface area contributed by atoms with Crippen LogP contribution in [0.25, 0.3) is 0 Å². The van der Waals surface area contributed by atoms with E-state index in [4.69, 9.17) is 0 Å². The highest BCUT2D eigenvalue weighted by atomic mass is 31.1. The SMILES string of the molecule is CPCCc1ccc(C2(CC(C)=O)CCC2)cc1. The monoisotopic (exact) mass is 262 g/mol. The molecule has 1 nitrogen and oxygen atoms in total. The van der Waals surface area contributed by atoms with Crippen molar-refractivity contribution in [2.75, 3.05) is 12.8 Å². The molecule has 1 aromatic rings. The summed E-state index contributed by atoms with van der Waals surface area (Å²) in [4.78, 5) is 11.4. The van der Waals surface area contributed by atoms with E-state index in [9.17, 15) is 4.79 Å². The van der Waals surface area contributed by atoms with Gasteiger partial charge in [-0.3, -0.25) is 4.79 Å². The summed E-state index contributed by atoms with van der Waals surface area (Å²) in [6, 6.07) is 9.04. The van der Waals surface area contributed by atoms with Gasteiger partial charge in [0, 0.05) is 11.8 Å². The second kappa shape index (κ2) is 5.97. The molecular weight excluding hydrogens is 239 g/mol. The highest BCUT2D eigenvalue weighted by Gasteiger charge is 2.39. The normalized spacial score (nSPS) is 17.9. The molecule has 0 aromatic heterocycles. The quantitative estimate of drug-likeness (QED) is 0.710. The smallest absolute Gasteiger partial charge is 0.130 e.